The first kappa shape index (κ1) is 20.1. The third-order valence-electron chi connectivity index (χ3n) is 5.49. The summed E-state index contributed by atoms with van der Waals surface area (Å²) in [6.45, 7) is 1.82. The molecular weight excluding hydrogens is 350 g/mol. The fraction of sp³-hybridized carbons (Fsp3) is 0.391. The molecule has 1 aliphatic carbocycles. The van der Waals surface area contributed by atoms with Crippen molar-refractivity contribution in [2.75, 3.05) is 5.32 Å². The highest BCUT2D eigenvalue weighted by Gasteiger charge is 2.22. The molecule has 2 unspecified atom stereocenters. The van der Waals surface area contributed by atoms with E-state index in [4.69, 9.17) is 5.73 Å². The van der Waals surface area contributed by atoms with Gasteiger partial charge in [-0.25, -0.2) is 0 Å². The number of nitrogens with two attached hydrogens (primary N) is 1. The minimum Gasteiger partial charge on any atom is -0.349 e. The zero-order valence-electron chi connectivity index (χ0n) is 16.4. The van der Waals surface area contributed by atoms with Gasteiger partial charge in [0.1, 0.15) is 0 Å². The monoisotopic (exact) mass is 379 g/mol. The smallest absolute Gasteiger partial charge is 0.251 e. The fourth-order valence-electron chi connectivity index (χ4n) is 3.60. The van der Waals surface area contributed by atoms with Gasteiger partial charge < -0.3 is 16.4 Å². The van der Waals surface area contributed by atoms with Crippen molar-refractivity contribution in [1.29, 1.82) is 0 Å². The molecule has 2 atom stereocenters. The Kier molecular flexibility index (Phi) is 6.82. The van der Waals surface area contributed by atoms with Crippen LogP contribution in [0.4, 0.5) is 5.69 Å². The van der Waals surface area contributed by atoms with Crippen molar-refractivity contribution in [2.24, 2.45) is 11.7 Å². The molecule has 0 aromatic heterocycles. The van der Waals surface area contributed by atoms with Gasteiger partial charge in [0, 0.05) is 23.3 Å². The van der Waals surface area contributed by atoms with E-state index in [9.17, 15) is 9.59 Å². The van der Waals surface area contributed by atoms with Crippen LogP contribution in [0.15, 0.2) is 54.6 Å². The lowest BCUT2D eigenvalue weighted by Crippen LogP contribution is -2.36. The molecule has 1 fully saturated rings. The van der Waals surface area contributed by atoms with E-state index in [0.717, 1.165) is 18.4 Å². The summed E-state index contributed by atoms with van der Waals surface area (Å²) in [6.07, 6.45) is 5.73. The maximum atomic E-state index is 12.5. The molecule has 3 rings (SSSR count). The number of benzene rings is 2. The van der Waals surface area contributed by atoms with Gasteiger partial charge in [-0.15, -0.1) is 0 Å². The normalized spacial score (nSPS) is 16.8. The molecule has 2 amide bonds. The molecule has 5 nitrogen and oxygen atoms in total. The third-order valence-corrected chi connectivity index (χ3v) is 5.49. The van der Waals surface area contributed by atoms with Gasteiger partial charge in [0.2, 0.25) is 5.91 Å². The average Bonchev–Trinajstić information content (AvgIpc) is 2.74. The Morgan fingerprint density at radius 1 is 0.964 bits per heavy atom. The van der Waals surface area contributed by atoms with Crippen LogP contribution in [0.3, 0.4) is 0 Å². The summed E-state index contributed by atoms with van der Waals surface area (Å²) < 4.78 is 0. The van der Waals surface area contributed by atoms with E-state index in [1.807, 2.05) is 37.3 Å². The first-order valence-corrected chi connectivity index (χ1v) is 10.1. The Bertz CT molecular complexity index is 783. The van der Waals surface area contributed by atoms with E-state index in [2.05, 4.69) is 10.6 Å². The van der Waals surface area contributed by atoms with Crippen LogP contribution in [0.2, 0.25) is 0 Å². The lowest BCUT2D eigenvalue weighted by Gasteiger charge is -2.22. The van der Waals surface area contributed by atoms with Crippen molar-refractivity contribution in [2.45, 2.75) is 51.1 Å². The van der Waals surface area contributed by atoms with Crippen LogP contribution in [0, 0.1) is 5.92 Å². The molecule has 2 aromatic rings. The Morgan fingerprint density at radius 2 is 1.61 bits per heavy atom. The summed E-state index contributed by atoms with van der Waals surface area (Å²) in [5.74, 6) is -0.573. The third kappa shape index (κ3) is 5.20. The highest BCUT2D eigenvalue weighted by Crippen LogP contribution is 2.21. The van der Waals surface area contributed by atoms with E-state index in [-0.39, 0.29) is 29.8 Å². The van der Waals surface area contributed by atoms with Crippen molar-refractivity contribution in [3.63, 3.8) is 0 Å². The number of hydrogen-bond acceptors (Lipinski definition) is 3. The van der Waals surface area contributed by atoms with E-state index in [1.54, 1.807) is 24.3 Å². The summed E-state index contributed by atoms with van der Waals surface area (Å²) in [6, 6.07) is 16.5. The molecule has 0 spiro atoms. The Labute approximate surface area is 166 Å². The molecule has 0 aliphatic heterocycles. The van der Waals surface area contributed by atoms with Crippen molar-refractivity contribution in [3.8, 4) is 0 Å². The molecule has 148 valence electrons. The van der Waals surface area contributed by atoms with Crippen molar-refractivity contribution in [3.05, 3.63) is 65.7 Å². The van der Waals surface area contributed by atoms with Crippen LogP contribution in [-0.4, -0.2) is 17.9 Å². The Hall–Kier alpha value is -2.66. The molecule has 5 heteroatoms. The van der Waals surface area contributed by atoms with Gasteiger partial charge in [0.05, 0.1) is 5.92 Å². The highest BCUT2D eigenvalue weighted by atomic mass is 16.2. The van der Waals surface area contributed by atoms with E-state index < -0.39 is 0 Å². The second-order valence-corrected chi connectivity index (χ2v) is 7.60. The van der Waals surface area contributed by atoms with E-state index in [1.165, 1.54) is 19.3 Å². The largest absolute Gasteiger partial charge is 0.349 e. The Morgan fingerprint density at radius 3 is 2.25 bits per heavy atom. The molecule has 1 aliphatic rings. The summed E-state index contributed by atoms with van der Waals surface area (Å²) in [5.41, 5.74) is 8.43. The molecule has 0 radical (unpaired) electrons. The summed E-state index contributed by atoms with van der Waals surface area (Å²) in [7, 11) is 0. The first-order valence-electron chi connectivity index (χ1n) is 10.1. The average molecular weight is 380 g/mol. The van der Waals surface area contributed by atoms with Crippen LogP contribution < -0.4 is 16.4 Å². The SMILES string of the molecule is CC(C(=O)Nc1ccc(C(=O)NC2CCCCC2)cc1)C(N)c1ccccc1. The quantitative estimate of drug-likeness (QED) is 0.709. The molecule has 1 saturated carbocycles. The lowest BCUT2D eigenvalue weighted by molar-refractivity contribution is -0.120. The highest BCUT2D eigenvalue weighted by molar-refractivity contribution is 5.96. The topological polar surface area (TPSA) is 84.2 Å². The molecule has 0 heterocycles. The number of amides is 2. The molecule has 0 bridgehead atoms. The summed E-state index contributed by atoms with van der Waals surface area (Å²) in [4.78, 5) is 24.9. The van der Waals surface area contributed by atoms with Crippen molar-refractivity contribution >= 4 is 17.5 Å². The van der Waals surface area contributed by atoms with Crippen molar-refractivity contribution < 1.29 is 9.59 Å². The molecule has 28 heavy (non-hydrogen) atoms. The van der Waals surface area contributed by atoms with Gasteiger partial charge in [-0.1, -0.05) is 56.5 Å². The van der Waals surface area contributed by atoms with Crippen LogP contribution in [0.25, 0.3) is 0 Å². The maximum absolute atomic E-state index is 12.5. The molecule has 2 aromatic carbocycles. The van der Waals surface area contributed by atoms with Crippen LogP contribution in [-0.2, 0) is 4.79 Å². The predicted octanol–water partition coefficient (Wildman–Crippen LogP) is 4.02. The zero-order chi connectivity index (χ0) is 19.9. The molecule has 0 saturated heterocycles. The minimum absolute atomic E-state index is 0.0516. The van der Waals surface area contributed by atoms with Crippen LogP contribution in [0.1, 0.15) is 61.0 Å². The number of carbonyl (C=O) groups is 2. The second kappa shape index (κ2) is 9.51. The second-order valence-electron chi connectivity index (χ2n) is 7.60. The lowest BCUT2D eigenvalue weighted by atomic mass is 9.94. The van der Waals surface area contributed by atoms with Gasteiger partial charge in [0.15, 0.2) is 0 Å². The Balaban J connectivity index is 1.55. The van der Waals surface area contributed by atoms with Crippen molar-refractivity contribution in [1.82, 2.24) is 5.32 Å². The number of anilines is 1. The first-order chi connectivity index (χ1) is 13.5. The van der Waals surface area contributed by atoms with Gasteiger partial charge >= 0.3 is 0 Å². The predicted molar refractivity (Wildman–Crippen MR) is 112 cm³/mol. The number of rotatable bonds is 6. The van der Waals surface area contributed by atoms with Gasteiger partial charge in [0.25, 0.3) is 5.91 Å². The van der Waals surface area contributed by atoms with E-state index >= 15 is 0 Å². The summed E-state index contributed by atoms with van der Waals surface area (Å²) in [5, 5.41) is 5.99. The zero-order valence-corrected chi connectivity index (χ0v) is 16.4. The van der Waals surface area contributed by atoms with Gasteiger partial charge in [-0.2, -0.15) is 0 Å². The minimum atomic E-state index is -0.378. The van der Waals surface area contributed by atoms with Gasteiger partial charge in [-0.3, -0.25) is 9.59 Å². The summed E-state index contributed by atoms with van der Waals surface area (Å²) >= 11 is 0. The van der Waals surface area contributed by atoms with Crippen LogP contribution >= 0.6 is 0 Å². The van der Waals surface area contributed by atoms with Crippen LogP contribution in [0.5, 0.6) is 0 Å². The maximum Gasteiger partial charge on any atom is 0.251 e. The van der Waals surface area contributed by atoms with Gasteiger partial charge in [-0.05, 0) is 42.7 Å². The fourth-order valence-corrected chi connectivity index (χ4v) is 3.60. The molecular formula is C23H29N3O2. The number of carbonyl (C=O) groups excluding carboxylic acids is 2. The number of nitrogens with one attached hydrogen (secondary N) is 2. The number of hydrogen-bond donors (Lipinski definition) is 3. The standard InChI is InChI=1S/C23H29N3O2/c1-16(21(24)17-8-4-2-5-9-17)22(27)25-20-14-12-18(13-15-20)23(28)26-19-10-6-3-7-11-19/h2,4-5,8-9,12-16,19,21H,3,6-7,10-11,24H2,1H3,(H,25,27)(H,26,28). The molecule has 4 N–H and O–H groups in total. The van der Waals surface area contributed by atoms with E-state index in [0.29, 0.717) is 11.3 Å².